The van der Waals surface area contributed by atoms with E-state index >= 15 is 0 Å². The average molecular weight is 314 g/mol. The summed E-state index contributed by atoms with van der Waals surface area (Å²) < 4.78 is 28.1. The summed E-state index contributed by atoms with van der Waals surface area (Å²) in [6, 6.07) is 4.42. The molecule has 21 heavy (non-hydrogen) atoms. The number of ether oxygens (including phenoxy) is 1. The lowest BCUT2D eigenvalue weighted by atomic mass is 10.2. The highest BCUT2D eigenvalue weighted by molar-refractivity contribution is 7.89. The maximum Gasteiger partial charge on any atom is 0.260 e. The fourth-order valence-corrected chi connectivity index (χ4v) is 2.57. The van der Waals surface area contributed by atoms with Crippen molar-refractivity contribution in [2.75, 3.05) is 6.54 Å². The molecule has 0 heterocycles. The number of aryl methyl sites for hydroxylation is 1. The van der Waals surface area contributed by atoms with Crippen LogP contribution in [0.25, 0.3) is 0 Å². The molecule has 7 heteroatoms. The zero-order valence-electron chi connectivity index (χ0n) is 12.5. The van der Waals surface area contributed by atoms with Crippen molar-refractivity contribution in [1.29, 1.82) is 0 Å². The molecule has 1 unspecified atom stereocenters. The van der Waals surface area contributed by atoms with Gasteiger partial charge >= 0.3 is 0 Å². The van der Waals surface area contributed by atoms with Crippen molar-refractivity contribution in [2.45, 2.75) is 44.6 Å². The maximum absolute atomic E-state index is 11.8. The number of hydrogen-bond donors (Lipinski definition) is 2. The molecular formula is C14H22N2O4S. The minimum atomic E-state index is -3.74. The Morgan fingerprint density at radius 1 is 1.43 bits per heavy atom. The summed E-state index contributed by atoms with van der Waals surface area (Å²) in [6.45, 7) is 5.93. The van der Waals surface area contributed by atoms with Crippen molar-refractivity contribution in [1.82, 2.24) is 5.32 Å². The van der Waals surface area contributed by atoms with Gasteiger partial charge in [-0.1, -0.05) is 13.3 Å². The number of carbonyl (C=O) groups excluding carboxylic acids is 1. The van der Waals surface area contributed by atoms with Gasteiger partial charge in [0.05, 0.1) is 4.90 Å². The number of hydrogen-bond acceptors (Lipinski definition) is 4. The first-order valence-electron chi connectivity index (χ1n) is 6.83. The van der Waals surface area contributed by atoms with Gasteiger partial charge in [0.25, 0.3) is 5.91 Å². The van der Waals surface area contributed by atoms with E-state index in [1.54, 1.807) is 19.9 Å². The second-order valence-electron chi connectivity index (χ2n) is 4.88. The number of sulfonamides is 1. The first kappa shape index (κ1) is 17.5. The minimum Gasteiger partial charge on any atom is -0.481 e. The molecule has 0 saturated carbocycles. The van der Waals surface area contributed by atoms with E-state index < -0.39 is 16.1 Å². The molecule has 0 aliphatic carbocycles. The first-order chi connectivity index (χ1) is 9.75. The summed E-state index contributed by atoms with van der Waals surface area (Å²) in [5.74, 6) is 0.231. The molecule has 0 bridgehead atoms. The number of rotatable bonds is 7. The molecule has 1 aromatic carbocycles. The molecule has 1 amide bonds. The third-order valence-electron chi connectivity index (χ3n) is 2.96. The van der Waals surface area contributed by atoms with Crippen molar-refractivity contribution in [3.8, 4) is 5.75 Å². The summed E-state index contributed by atoms with van der Waals surface area (Å²) in [7, 11) is -3.74. The van der Waals surface area contributed by atoms with Gasteiger partial charge in [-0.2, -0.15) is 0 Å². The first-order valence-corrected chi connectivity index (χ1v) is 8.38. The largest absolute Gasteiger partial charge is 0.481 e. The Balaban J connectivity index is 2.71. The summed E-state index contributed by atoms with van der Waals surface area (Å²) in [5, 5.41) is 7.87. The van der Waals surface area contributed by atoms with E-state index in [2.05, 4.69) is 5.32 Å². The molecule has 0 saturated heterocycles. The van der Waals surface area contributed by atoms with Gasteiger partial charge in [0, 0.05) is 6.54 Å². The van der Waals surface area contributed by atoms with Gasteiger partial charge in [-0.05, 0) is 44.0 Å². The lowest BCUT2D eigenvalue weighted by molar-refractivity contribution is -0.127. The third-order valence-corrected chi connectivity index (χ3v) is 4.04. The van der Waals surface area contributed by atoms with Crippen LogP contribution < -0.4 is 15.2 Å². The van der Waals surface area contributed by atoms with Gasteiger partial charge in [0.1, 0.15) is 5.75 Å². The molecule has 0 aliphatic heterocycles. The number of nitrogens with two attached hydrogens (primary N) is 1. The summed E-state index contributed by atoms with van der Waals surface area (Å²) in [5.41, 5.74) is 0.480. The number of unbranched alkanes of at least 4 members (excludes halogenated alkanes) is 1. The predicted molar refractivity (Wildman–Crippen MR) is 80.6 cm³/mol. The summed E-state index contributed by atoms with van der Waals surface area (Å²) in [4.78, 5) is 11.8. The van der Waals surface area contributed by atoms with Gasteiger partial charge in [0.15, 0.2) is 6.10 Å². The second kappa shape index (κ2) is 7.42. The maximum atomic E-state index is 11.8. The van der Waals surface area contributed by atoms with Crippen LogP contribution in [0, 0.1) is 6.92 Å². The fraction of sp³-hybridized carbons (Fsp3) is 0.500. The van der Waals surface area contributed by atoms with Crippen LogP contribution in [-0.4, -0.2) is 27.0 Å². The number of nitrogens with one attached hydrogen (secondary N) is 1. The number of carbonyl (C=O) groups is 1. The van der Waals surface area contributed by atoms with Gasteiger partial charge in [-0.25, -0.2) is 13.6 Å². The Bertz CT molecular complexity index is 599. The monoisotopic (exact) mass is 314 g/mol. The van der Waals surface area contributed by atoms with Gasteiger partial charge in [0.2, 0.25) is 10.0 Å². The van der Waals surface area contributed by atoms with Crippen LogP contribution in [-0.2, 0) is 14.8 Å². The molecular weight excluding hydrogens is 292 g/mol. The highest BCUT2D eigenvalue weighted by Gasteiger charge is 2.16. The van der Waals surface area contributed by atoms with Crippen LogP contribution in [0.4, 0.5) is 0 Å². The molecule has 0 radical (unpaired) electrons. The Kier molecular flexibility index (Phi) is 6.17. The Morgan fingerprint density at radius 3 is 2.62 bits per heavy atom. The van der Waals surface area contributed by atoms with Crippen LogP contribution in [0.15, 0.2) is 23.1 Å². The van der Waals surface area contributed by atoms with Gasteiger partial charge in [-0.3, -0.25) is 4.79 Å². The number of primary sulfonamides is 1. The van der Waals surface area contributed by atoms with Crippen molar-refractivity contribution in [2.24, 2.45) is 5.14 Å². The Morgan fingerprint density at radius 2 is 2.10 bits per heavy atom. The lowest BCUT2D eigenvalue weighted by Gasteiger charge is -2.15. The fourth-order valence-electron chi connectivity index (χ4n) is 1.80. The Hall–Kier alpha value is -1.60. The van der Waals surface area contributed by atoms with Crippen molar-refractivity contribution >= 4 is 15.9 Å². The standard InChI is InChI=1S/C14H22N2O4S/c1-4-5-8-16-14(17)11(3)20-12-6-7-13(10(2)9-12)21(15,18)19/h6-7,9,11H,4-5,8H2,1-3H3,(H,16,17)(H2,15,18,19). The van der Waals surface area contributed by atoms with E-state index in [4.69, 9.17) is 9.88 Å². The van der Waals surface area contributed by atoms with Crippen molar-refractivity contribution < 1.29 is 17.9 Å². The van der Waals surface area contributed by atoms with E-state index in [-0.39, 0.29) is 10.8 Å². The van der Waals surface area contributed by atoms with E-state index in [1.165, 1.54) is 12.1 Å². The minimum absolute atomic E-state index is 0.0508. The molecule has 6 nitrogen and oxygen atoms in total. The van der Waals surface area contributed by atoms with E-state index in [1.807, 2.05) is 6.92 Å². The van der Waals surface area contributed by atoms with E-state index in [0.717, 1.165) is 12.8 Å². The molecule has 1 atom stereocenters. The Labute approximate surface area is 125 Å². The quantitative estimate of drug-likeness (QED) is 0.742. The summed E-state index contributed by atoms with van der Waals surface area (Å²) in [6.07, 6.45) is 1.27. The second-order valence-corrected chi connectivity index (χ2v) is 6.41. The zero-order valence-corrected chi connectivity index (χ0v) is 13.4. The van der Waals surface area contributed by atoms with Crippen molar-refractivity contribution in [3.05, 3.63) is 23.8 Å². The smallest absolute Gasteiger partial charge is 0.260 e. The van der Waals surface area contributed by atoms with Gasteiger partial charge in [-0.15, -0.1) is 0 Å². The van der Waals surface area contributed by atoms with Crippen molar-refractivity contribution in [3.63, 3.8) is 0 Å². The van der Waals surface area contributed by atoms with Crippen LogP contribution in [0.3, 0.4) is 0 Å². The van der Waals surface area contributed by atoms with Gasteiger partial charge < -0.3 is 10.1 Å². The number of benzene rings is 1. The molecule has 0 spiro atoms. The number of amides is 1. The topological polar surface area (TPSA) is 98.5 Å². The van der Waals surface area contributed by atoms with E-state index in [9.17, 15) is 13.2 Å². The molecule has 118 valence electrons. The predicted octanol–water partition coefficient (Wildman–Crippen LogP) is 1.33. The zero-order chi connectivity index (χ0) is 16.0. The lowest BCUT2D eigenvalue weighted by Crippen LogP contribution is -2.36. The molecule has 1 aromatic rings. The van der Waals surface area contributed by atoms with Crippen LogP contribution in [0.5, 0.6) is 5.75 Å². The summed E-state index contributed by atoms with van der Waals surface area (Å²) >= 11 is 0. The van der Waals surface area contributed by atoms with E-state index in [0.29, 0.717) is 17.9 Å². The molecule has 3 N–H and O–H groups in total. The molecule has 1 rings (SSSR count). The van der Waals surface area contributed by atoms with Crippen LogP contribution >= 0.6 is 0 Å². The third kappa shape index (κ3) is 5.35. The van der Waals surface area contributed by atoms with Crippen LogP contribution in [0.1, 0.15) is 32.3 Å². The highest BCUT2D eigenvalue weighted by atomic mass is 32.2. The molecule has 0 fully saturated rings. The highest BCUT2D eigenvalue weighted by Crippen LogP contribution is 2.21. The SMILES string of the molecule is CCCCNC(=O)C(C)Oc1ccc(S(N)(=O)=O)c(C)c1. The van der Waals surface area contributed by atoms with Crippen LogP contribution in [0.2, 0.25) is 0 Å². The normalized spacial score (nSPS) is 12.8. The average Bonchev–Trinajstić information content (AvgIpc) is 2.37. The molecule has 0 aromatic heterocycles. The molecule has 0 aliphatic rings.